The van der Waals surface area contributed by atoms with Crippen molar-refractivity contribution in [1.82, 2.24) is 4.98 Å². The van der Waals surface area contributed by atoms with Crippen molar-refractivity contribution in [2.75, 3.05) is 0 Å². The first-order chi connectivity index (χ1) is 11.7. The first-order valence-electron chi connectivity index (χ1n) is 8.43. The molecule has 0 aliphatic carbocycles. The first kappa shape index (κ1) is 17.2. The minimum atomic E-state index is -0.927. The van der Waals surface area contributed by atoms with Crippen LogP contribution in [0.3, 0.4) is 0 Å². The summed E-state index contributed by atoms with van der Waals surface area (Å²) < 4.78 is 0. The normalized spacial score (nSPS) is 11.7. The van der Waals surface area contributed by atoms with Crippen LogP contribution >= 0.6 is 0 Å². The average Bonchev–Trinajstić information content (AvgIpc) is 2.54. The van der Waals surface area contributed by atoms with Gasteiger partial charge in [0.25, 0.3) is 0 Å². The van der Waals surface area contributed by atoms with Gasteiger partial charge in [0.15, 0.2) is 0 Å². The maximum Gasteiger partial charge on any atom is 0.336 e. The molecule has 0 saturated heterocycles. The molecule has 1 heterocycles. The minimum absolute atomic E-state index is 0.0449. The molecule has 0 spiro atoms. The number of benzene rings is 2. The number of nitrogens with zero attached hydrogens (tertiary/aromatic N) is 1. The van der Waals surface area contributed by atoms with Crippen LogP contribution in [-0.4, -0.2) is 16.1 Å². The Bertz CT molecular complexity index is 981. The number of fused-ring (bicyclic) bond motifs is 1. The molecule has 0 aliphatic heterocycles. The number of hydrogen-bond donors (Lipinski definition) is 1. The maximum atomic E-state index is 11.9. The standard InChI is InChI=1S/C22H23NO2/c1-13-6-7-15(10-14(13)2)20-12-18(21(24)25)17-11-16(22(3,4)5)8-9-19(17)23-20/h6-12H,1-5H3,(H,24,25). The van der Waals surface area contributed by atoms with Crippen molar-refractivity contribution in [3.63, 3.8) is 0 Å². The van der Waals surface area contributed by atoms with Gasteiger partial charge in [0.2, 0.25) is 0 Å². The summed E-state index contributed by atoms with van der Waals surface area (Å²) in [7, 11) is 0. The molecular formula is C22H23NO2. The molecular weight excluding hydrogens is 310 g/mol. The molecule has 3 aromatic rings. The molecule has 0 unspecified atom stereocenters. The minimum Gasteiger partial charge on any atom is -0.478 e. The van der Waals surface area contributed by atoms with Gasteiger partial charge in [0.05, 0.1) is 16.8 Å². The summed E-state index contributed by atoms with van der Waals surface area (Å²) in [5.41, 5.74) is 6.06. The van der Waals surface area contributed by atoms with Gasteiger partial charge in [-0.1, -0.05) is 39.0 Å². The Morgan fingerprint density at radius 1 is 0.960 bits per heavy atom. The molecule has 0 fully saturated rings. The lowest BCUT2D eigenvalue weighted by atomic mass is 9.86. The summed E-state index contributed by atoms with van der Waals surface area (Å²) in [6.45, 7) is 10.5. The second-order valence-corrected chi connectivity index (χ2v) is 7.64. The molecule has 128 valence electrons. The van der Waals surface area contributed by atoms with E-state index < -0.39 is 5.97 Å². The smallest absolute Gasteiger partial charge is 0.336 e. The maximum absolute atomic E-state index is 11.9. The third kappa shape index (κ3) is 3.27. The molecule has 0 aliphatic rings. The summed E-state index contributed by atoms with van der Waals surface area (Å²) in [6, 6.07) is 13.7. The molecule has 25 heavy (non-hydrogen) atoms. The van der Waals surface area contributed by atoms with E-state index in [1.54, 1.807) is 6.07 Å². The predicted octanol–water partition coefficient (Wildman–Crippen LogP) is 5.51. The van der Waals surface area contributed by atoms with Gasteiger partial charge in [0.1, 0.15) is 0 Å². The zero-order valence-corrected chi connectivity index (χ0v) is 15.3. The number of aryl methyl sites for hydroxylation is 2. The summed E-state index contributed by atoms with van der Waals surface area (Å²) in [6.07, 6.45) is 0. The number of carboxylic acid groups (broad SMARTS) is 1. The largest absolute Gasteiger partial charge is 0.478 e. The Kier molecular flexibility index (Phi) is 4.11. The Hall–Kier alpha value is -2.68. The Morgan fingerprint density at radius 2 is 1.68 bits per heavy atom. The van der Waals surface area contributed by atoms with Crippen molar-refractivity contribution in [2.24, 2.45) is 0 Å². The van der Waals surface area contributed by atoms with Crippen molar-refractivity contribution < 1.29 is 9.90 Å². The van der Waals surface area contributed by atoms with Gasteiger partial charge in [-0.3, -0.25) is 0 Å². The second kappa shape index (κ2) is 5.99. The van der Waals surface area contributed by atoms with Crippen molar-refractivity contribution >= 4 is 16.9 Å². The van der Waals surface area contributed by atoms with E-state index >= 15 is 0 Å². The molecule has 0 atom stereocenters. The second-order valence-electron chi connectivity index (χ2n) is 7.64. The lowest BCUT2D eigenvalue weighted by Gasteiger charge is -2.20. The first-order valence-corrected chi connectivity index (χ1v) is 8.43. The van der Waals surface area contributed by atoms with Crippen LogP contribution in [0.25, 0.3) is 22.2 Å². The van der Waals surface area contributed by atoms with E-state index in [1.807, 2.05) is 37.3 Å². The number of carboxylic acids is 1. The molecule has 0 bridgehead atoms. The van der Waals surface area contributed by atoms with Crippen LogP contribution in [0.15, 0.2) is 42.5 Å². The molecule has 0 radical (unpaired) electrons. The fraction of sp³-hybridized carbons (Fsp3) is 0.273. The molecule has 0 saturated carbocycles. The Morgan fingerprint density at radius 3 is 2.28 bits per heavy atom. The summed E-state index contributed by atoms with van der Waals surface area (Å²) >= 11 is 0. The van der Waals surface area contributed by atoms with E-state index in [2.05, 4.69) is 33.8 Å². The third-order valence-corrected chi connectivity index (χ3v) is 4.71. The lowest BCUT2D eigenvalue weighted by Crippen LogP contribution is -2.11. The number of rotatable bonds is 2. The number of pyridine rings is 1. The molecule has 2 aromatic carbocycles. The van der Waals surface area contributed by atoms with E-state index in [4.69, 9.17) is 4.98 Å². The summed E-state index contributed by atoms with van der Waals surface area (Å²) in [5, 5.41) is 10.4. The van der Waals surface area contributed by atoms with Crippen molar-refractivity contribution in [3.8, 4) is 11.3 Å². The molecule has 1 aromatic heterocycles. The number of aromatic nitrogens is 1. The Labute approximate surface area is 148 Å². The molecule has 0 amide bonds. The van der Waals surface area contributed by atoms with Gasteiger partial charge in [-0.05, 0) is 60.2 Å². The summed E-state index contributed by atoms with van der Waals surface area (Å²) in [5.74, 6) is -0.927. The van der Waals surface area contributed by atoms with Gasteiger partial charge in [-0.2, -0.15) is 0 Å². The molecule has 3 nitrogen and oxygen atoms in total. The van der Waals surface area contributed by atoms with E-state index in [-0.39, 0.29) is 5.41 Å². The summed E-state index contributed by atoms with van der Waals surface area (Å²) in [4.78, 5) is 16.6. The van der Waals surface area contributed by atoms with Crippen LogP contribution in [-0.2, 0) is 5.41 Å². The monoisotopic (exact) mass is 333 g/mol. The zero-order valence-electron chi connectivity index (χ0n) is 15.3. The third-order valence-electron chi connectivity index (χ3n) is 4.71. The van der Waals surface area contributed by atoms with Crippen molar-refractivity contribution in [1.29, 1.82) is 0 Å². The molecule has 3 heteroatoms. The average molecular weight is 333 g/mol. The van der Waals surface area contributed by atoms with Gasteiger partial charge < -0.3 is 5.11 Å². The highest BCUT2D eigenvalue weighted by Gasteiger charge is 2.18. The van der Waals surface area contributed by atoms with E-state index in [0.29, 0.717) is 22.2 Å². The van der Waals surface area contributed by atoms with Gasteiger partial charge >= 0.3 is 5.97 Å². The fourth-order valence-electron chi connectivity index (χ4n) is 2.92. The number of aromatic carboxylic acids is 1. The quantitative estimate of drug-likeness (QED) is 0.672. The number of carbonyl (C=O) groups is 1. The van der Waals surface area contributed by atoms with E-state index in [0.717, 1.165) is 11.1 Å². The van der Waals surface area contributed by atoms with Crippen molar-refractivity contribution in [3.05, 3.63) is 64.7 Å². The van der Waals surface area contributed by atoms with Crippen LogP contribution in [0.4, 0.5) is 0 Å². The van der Waals surface area contributed by atoms with Crippen LogP contribution < -0.4 is 0 Å². The SMILES string of the molecule is Cc1ccc(-c2cc(C(=O)O)c3cc(C(C)(C)C)ccc3n2)cc1C. The van der Waals surface area contributed by atoms with Gasteiger partial charge in [-0.15, -0.1) is 0 Å². The van der Waals surface area contributed by atoms with E-state index in [1.165, 1.54) is 11.1 Å². The predicted molar refractivity (Wildman–Crippen MR) is 102 cm³/mol. The zero-order chi connectivity index (χ0) is 18.4. The van der Waals surface area contributed by atoms with Crippen LogP contribution in [0.5, 0.6) is 0 Å². The fourth-order valence-corrected chi connectivity index (χ4v) is 2.92. The Balaban J connectivity index is 2.26. The molecule has 1 N–H and O–H groups in total. The van der Waals surface area contributed by atoms with Crippen molar-refractivity contribution in [2.45, 2.75) is 40.0 Å². The van der Waals surface area contributed by atoms with Gasteiger partial charge in [-0.25, -0.2) is 9.78 Å². The van der Waals surface area contributed by atoms with E-state index in [9.17, 15) is 9.90 Å². The highest BCUT2D eigenvalue weighted by Crippen LogP contribution is 2.30. The van der Waals surface area contributed by atoms with Crippen LogP contribution in [0.2, 0.25) is 0 Å². The van der Waals surface area contributed by atoms with Crippen LogP contribution in [0.1, 0.15) is 47.8 Å². The lowest BCUT2D eigenvalue weighted by molar-refractivity contribution is 0.0699. The topological polar surface area (TPSA) is 50.2 Å². The number of hydrogen-bond acceptors (Lipinski definition) is 2. The van der Waals surface area contributed by atoms with Gasteiger partial charge in [0, 0.05) is 10.9 Å². The highest BCUT2D eigenvalue weighted by atomic mass is 16.4. The highest BCUT2D eigenvalue weighted by molar-refractivity contribution is 6.04. The van der Waals surface area contributed by atoms with Crippen LogP contribution in [0, 0.1) is 13.8 Å². The molecule has 3 rings (SSSR count).